The SMILES string of the molecule is Cc1cc(C)n(CCC(=O)N2CCO[C@@](CO)(Cc3ccccc3)C2)n1. The third-order valence-corrected chi connectivity index (χ3v) is 4.90. The van der Waals surface area contributed by atoms with E-state index >= 15 is 0 Å². The lowest BCUT2D eigenvalue weighted by atomic mass is 9.93. The van der Waals surface area contributed by atoms with Crippen LogP contribution in [0.3, 0.4) is 0 Å². The zero-order chi connectivity index (χ0) is 18.6. The zero-order valence-corrected chi connectivity index (χ0v) is 15.5. The van der Waals surface area contributed by atoms with Gasteiger partial charge in [0.05, 0.1) is 25.5 Å². The van der Waals surface area contributed by atoms with Crippen LogP contribution in [0.15, 0.2) is 36.4 Å². The van der Waals surface area contributed by atoms with Crippen LogP contribution in [0.1, 0.15) is 23.4 Å². The van der Waals surface area contributed by atoms with E-state index in [4.69, 9.17) is 4.74 Å². The second kappa shape index (κ2) is 8.01. The van der Waals surface area contributed by atoms with Gasteiger partial charge in [0.15, 0.2) is 0 Å². The summed E-state index contributed by atoms with van der Waals surface area (Å²) in [7, 11) is 0. The van der Waals surface area contributed by atoms with Crippen molar-refractivity contribution in [3.8, 4) is 0 Å². The van der Waals surface area contributed by atoms with Gasteiger partial charge in [-0.25, -0.2) is 0 Å². The number of rotatable bonds is 6. The molecular formula is C20H27N3O3. The Morgan fingerprint density at radius 2 is 2.08 bits per heavy atom. The third kappa shape index (κ3) is 4.31. The number of aromatic nitrogens is 2. The predicted molar refractivity (Wildman–Crippen MR) is 98.8 cm³/mol. The molecule has 0 unspecified atom stereocenters. The Hall–Kier alpha value is -2.18. The van der Waals surface area contributed by atoms with Crippen LogP contribution < -0.4 is 0 Å². The fourth-order valence-corrected chi connectivity index (χ4v) is 3.55. The smallest absolute Gasteiger partial charge is 0.224 e. The Morgan fingerprint density at radius 1 is 1.31 bits per heavy atom. The van der Waals surface area contributed by atoms with Gasteiger partial charge in [0.25, 0.3) is 0 Å². The maximum atomic E-state index is 12.7. The molecule has 3 rings (SSSR count). The van der Waals surface area contributed by atoms with Crippen LogP contribution in [0.5, 0.6) is 0 Å². The molecule has 0 aliphatic carbocycles. The molecule has 1 aromatic carbocycles. The Labute approximate surface area is 154 Å². The minimum absolute atomic E-state index is 0.0757. The highest BCUT2D eigenvalue weighted by atomic mass is 16.5. The second-order valence-electron chi connectivity index (χ2n) is 7.07. The van der Waals surface area contributed by atoms with Crippen LogP contribution in [0.25, 0.3) is 0 Å². The molecule has 26 heavy (non-hydrogen) atoms. The van der Waals surface area contributed by atoms with Crippen molar-refractivity contribution in [1.29, 1.82) is 0 Å². The van der Waals surface area contributed by atoms with Gasteiger partial charge in [0.2, 0.25) is 5.91 Å². The molecule has 0 saturated carbocycles. The highest BCUT2D eigenvalue weighted by molar-refractivity contribution is 5.76. The Kier molecular flexibility index (Phi) is 5.74. The van der Waals surface area contributed by atoms with E-state index in [1.807, 2.05) is 59.8 Å². The first-order chi connectivity index (χ1) is 12.5. The highest BCUT2D eigenvalue weighted by Crippen LogP contribution is 2.23. The second-order valence-corrected chi connectivity index (χ2v) is 7.07. The molecule has 6 heteroatoms. The van der Waals surface area contributed by atoms with Crippen molar-refractivity contribution in [3.63, 3.8) is 0 Å². The number of carbonyl (C=O) groups is 1. The van der Waals surface area contributed by atoms with Crippen molar-refractivity contribution in [2.24, 2.45) is 0 Å². The standard InChI is InChI=1S/C20H27N3O3/c1-16-12-17(2)23(21-16)9-8-19(25)22-10-11-26-20(14-22,15-24)13-18-6-4-3-5-7-18/h3-7,12,24H,8-11,13-15H2,1-2H3/t20-/m0/s1. The summed E-state index contributed by atoms with van der Waals surface area (Å²) in [6.45, 7) is 5.83. The van der Waals surface area contributed by atoms with Gasteiger partial charge in [-0.05, 0) is 25.5 Å². The van der Waals surface area contributed by atoms with E-state index < -0.39 is 5.60 Å². The minimum Gasteiger partial charge on any atom is -0.393 e. The molecule has 2 aromatic rings. The molecule has 1 saturated heterocycles. The van der Waals surface area contributed by atoms with Gasteiger partial charge in [-0.3, -0.25) is 9.48 Å². The normalized spacial score (nSPS) is 20.3. The van der Waals surface area contributed by atoms with E-state index in [9.17, 15) is 9.90 Å². The van der Waals surface area contributed by atoms with Crippen molar-refractivity contribution in [2.75, 3.05) is 26.3 Å². The summed E-state index contributed by atoms with van der Waals surface area (Å²) < 4.78 is 7.79. The van der Waals surface area contributed by atoms with Gasteiger partial charge in [0, 0.05) is 31.6 Å². The number of aryl methyl sites for hydroxylation is 3. The van der Waals surface area contributed by atoms with Crippen molar-refractivity contribution >= 4 is 5.91 Å². The molecule has 1 N–H and O–H groups in total. The van der Waals surface area contributed by atoms with E-state index in [-0.39, 0.29) is 12.5 Å². The molecule has 1 atom stereocenters. The molecule has 0 radical (unpaired) electrons. The molecule has 0 spiro atoms. The number of morpholine rings is 1. The number of carbonyl (C=O) groups excluding carboxylic acids is 1. The number of aliphatic hydroxyl groups is 1. The van der Waals surface area contributed by atoms with E-state index in [0.717, 1.165) is 17.0 Å². The molecule has 6 nitrogen and oxygen atoms in total. The summed E-state index contributed by atoms with van der Waals surface area (Å²) in [5, 5.41) is 14.4. The average Bonchev–Trinajstić information content (AvgIpc) is 2.98. The molecule has 2 heterocycles. The number of aliphatic hydroxyl groups excluding tert-OH is 1. The van der Waals surface area contributed by atoms with Gasteiger partial charge in [0.1, 0.15) is 5.60 Å². The first kappa shape index (κ1) is 18.6. The molecule has 1 aliphatic heterocycles. The number of ether oxygens (including phenoxy) is 1. The molecule has 1 amide bonds. The molecule has 1 aromatic heterocycles. The number of benzene rings is 1. The van der Waals surface area contributed by atoms with E-state index in [0.29, 0.717) is 39.1 Å². The van der Waals surface area contributed by atoms with E-state index in [1.54, 1.807) is 0 Å². The van der Waals surface area contributed by atoms with Crippen LogP contribution >= 0.6 is 0 Å². The summed E-state index contributed by atoms with van der Waals surface area (Å²) in [6, 6.07) is 12.0. The summed E-state index contributed by atoms with van der Waals surface area (Å²) in [5.41, 5.74) is 2.39. The summed E-state index contributed by atoms with van der Waals surface area (Å²) in [5.74, 6) is 0.0757. The van der Waals surface area contributed by atoms with Crippen molar-refractivity contribution in [2.45, 2.75) is 38.8 Å². The van der Waals surface area contributed by atoms with Gasteiger partial charge >= 0.3 is 0 Å². The molecule has 0 bridgehead atoms. The van der Waals surface area contributed by atoms with Crippen molar-refractivity contribution < 1.29 is 14.6 Å². The monoisotopic (exact) mass is 357 g/mol. The summed E-state index contributed by atoms with van der Waals surface area (Å²) in [4.78, 5) is 14.5. The summed E-state index contributed by atoms with van der Waals surface area (Å²) >= 11 is 0. The fourth-order valence-electron chi connectivity index (χ4n) is 3.55. The van der Waals surface area contributed by atoms with E-state index in [1.165, 1.54) is 0 Å². The molecule has 140 valence electrons. The van der Waals surface area contributed by atoms with Crippen molar-refractivity contribution in [3.05, 3.63) is 53.3 Å². The van der Waals surface area contributed by atoms with Crippen LogP contribution in [0.2, 0.25) is 0 Å². The largest absolute Gasteiger partial charge is 0.393 e. The quantitative estimate of drug-likeness (QED) is 0.855. The molecule has 1 aliphatic rings. The fraction of sp³-hybridized carbons (Fsp3) is 0.500. The topological polar surface area (TPSA) is 67.6 Å². The van der Waals surface area contributed by atoms with Gasteiger partial charge in [-0.15, -0.1) is 0 Å². The first-order valence-corrected chi connectivity index (χ1v) is 9.09. The Morgan fingerprint density at radius 3 is 2.73 bits per heavy atom. The lowest BCUT2D eigenvalue weighted by Crippen LogP contribution is -2.56. The number of hydrogen-bond donors (Lipinski definition) is 1. The van der Waals surface area contributed by atoms with Gasteiger partial charge < -0.3 is 14.7 Å². The zero-order valence-electron chi connectivity index (χ0n) is 15.5. The third-order valence-electron chi connectivity index (χ3n) is 4.90. The average molecular weight is 357 g/mol. The minimum atomic E-state index is -0.729. The molecular weight excluding hydrogens is 330 g/mol. The summed E-state index contributed by atoms with van der Waals surface area (Å²) in [6.07, 6.45) is 0.986. The van der Waals surface area contributed by atoms with Gasteiger partial charge in [-0.1, -0.05) is 30.3 Å². The Bertz CT molecular complexity index is 744. The van der Waals surface area contributed by atoms with Gasteiger partial charge in [-0.2, -0.15) is 5.10 Å². The lowest BCUT2D eigenvalue weighted by Gasteiger charge is -2.42. The van der Waals surface area contributed by atoms with Crippen LogP contribution in [0.4, 0.5) is 0 Å². The van der Waals surface area contributed by atoms with Crippen molar-refractivity contribution in [1.82, 2.24) is 14.7 Å². The Balaban J connectivity index is 1.62. The predicted octanol–water partition coefficient (Wildman–Crippen LogP) is 1.72. The highest BCUT2D eigenvalue weighted by Gasteiger charge is 2.38. The van der Waals surface area contributed by atoms with E-state index in [2.05, 4.69) is 5.10 Å². The lowest BCUT2D eigenvalue weighted by molar-refractivity contribution is -0.158. The first-order valence-electron chi connectivity index (χ1n) is 9.09. The number of hydrogen-bond acceptors (Lipinski definition) is 4. The number of amides is 1. The maximum Gasteiger partial charge on any atom is 0.224 e. The van der Waals surface area contributed by atoms with Crippen LogP contribution in [-0.2, 0) is 22.5 Å². The maximum absolute atomic E-state index is 12.7. The molecule has 1 fully saturated rings. The van der Waals surface area contributed by atoms with Crippen LogP contribution in [-0.4, -0.2) is 57.6 Å². The van der Waals surface area contributed by atoms with Crippen LogP contribution in [0, 0.1) is 13.8 Å². The number of nitrogens with zero attached hydrogens (tertiary/aromatic N) is 3.